The summed E-state index contributed by atoms with van der Waals surface area (Å²) in [6, 6.07) is 0.0558. The summed E-state index contributed by atoms with van der Waals surface area (Å²) in [5.74, 6) is 1.15. The number of piperidine rings is 1. The van der Waals surface area contributed by atoms with Gasteiger partial charge in [0.15, 0.2) is 0 Å². The van der Waals surface area contributed by atoms with Gasteiger partial charge in [-0.1, -0.05) is 26.7 Å². The van der Waals surface area contributed by atoms with Gasteiger partial charge in [-0.25, -0.2) is 9.69 Å². The van der Waals surface area contributed by atoms with Gasteiger partial charge in [-0.2, -0.15) is 0 Å². The van der Waals surface area contributed by atoms with Gasteiger partial charge >= 0.3 is 6.03 Å². The number of carbonyl (C=O) groups excluding carboxylic acids is 2. The van der Waals surface area contributed by atoms with Crippen molar-refractivity contribution in [2.24, 2.45) is 11.8 Å². The Morgan fingerprint density at radius 2 is 1.86 bits per heavy atom. The van der Waals surface area contributed by atoms with Gasteiger partial charge in [0.2, 0.25) is 0 Å². The minimum Gasteiger partial charge on any atom is -0.326 e. The second-order valence-corrected chi connectivity index (χ2v) is 7.61. The first-order valence-corrected chi connectivity index (χ1v) is 8.92. The van der Waals surface area contributed by atoms with Gasteiger partial charge < -0.3 is 5.32 Å². The van der Waals surface area contributed by atoms with Crippen LogP contribution in [0, 0.1) is 11.8 Å². The minimum absolute atomic E-state index is 0.0309. The molecule has 5 heteroatoms. The summed E-state index contributed by atoms with van der Waals surface area (Å²) in [6.07, 6.45) is 8.41. The van der Waals surface area contributed by atoms with Gasteiger partial charge in [0.1, 0.15) is 6.04 Å². The number of hydrogen-bond donors (Lipinski definition) is 1. The normalized spacial score (nSPS) is 33.2. The van der Waals surface area contributed by atoms with E-state index in [1.165, 1.54) is 43.4 Å². The fourth-order valence-electron chi connectivity index (χ4n) is 4.43. The summed E-state index contributed by atoms with van der Waals surface area (Å²) in [5, 5.41) is 2.86. The quantitative estimate of drug-likeness (QED) is 0.812. The smallest absolute Gasteiger partial charge is 0.325 e. The van der Waals surface area contributed by atoms with Crippen molar-refractivity contribution in [3.05, 3.63) is 0 Å². The number of carbonyl (C=O) groups is 2. The van der Waals surface area contributed by atoms with Crippen molar-refractivity contribution in [1.82, 2.24) is 15.1 Å². The van der Waals surface area contributed by atoms with E-state index >= 15 is 0 Å². The monoisotopic (exact) mass is 307 g/mol. The van der Waals surface area contributed by atoms with Crippen molar-refractivity contribution in [1.29, 1.82) is 0 Å². The lowest BCUT2D eigenvalue weighted by molar-refractivity contribution is -0.130. The summed E-state index contributed by atoms with van der Waals surface area (Å²) in [7, 11) is 0. The first-order chi connectivity index (χ1) is 10.6. The maximum atomic E-state index is 12.5. The number of fused-ring (bicyclic) bond motifs is 1. The van der Waals surface area contributed by atoms with Crippen molar-refractivity contribution in [2.75, 3.05) is 13.2 Å². The van der Waals surface area contributed by atoms with Crippen LogP contribution in [0.25, 0.3) is 0 Å². The zero-order valence-corrected chi connectivity index (χ0v) is 13.9. The molecule has 3 aliphatic rings. The number of rotatable bonds is 4. The molecular formula is C17H29N3O2. The Kier molecular flexibility index (Phi) is 4.71. The molecule has 5 nitrogen and oxygen atoms in total. The predicted octanol–water partition coefficient (Wildman–Crippen LogP) is 2.57. The van der Waals surface area contributed by atoms with E-state index in [1.54, 1.807) is 0 Å². The van der Waals surface area contributed by atoms with Crippen molar-refractivity contribution in [2.45, 2.75) is 70.9 Å². The Balaban J connectivity index is 1.64. The lowest BCUT2D eigenvalue weighted by atomic mass is 9.78. The Hall–Kier alpha value is -1.10. The van der Waals surface area contributed by atoms with Crippen LogP contribution in [-0.4, -0.2) is 47.0 Å². The number of nitrogens with zero attached hydrogens (tertiary/aromatic N) is 2. The van der Waals surface area contributed by atoms with Crippen LogP contribution in [0.4, 0.5) is 4.79 Å². The van der Waals surface area contributed by atoms with E-state index in [0.29, 0.717) is 18.6 Å². The molecule has 0 aromatic carbocycles. The van der Waals surface area contributed by atoms with E-state index in [4.69, 9.17) is 0 Å². The van der Waals surface area contributed by atoms with E-state index in [9.17, 15) is 9.59 Å². The molecule has 2 heterocycles. The molecular weight excluding hydrogens is 278 g/mol. The van der Waals surface area contributed by atoms with E-state index < -0.39 is 0 Å². The molecule has 0 aromatic heterocycles. The highest BCUT2D eigenvalue weighted by atomic mass is 16.2. The highest BCUT2D eigenvalue weighted by molar-refractivity contribution is 6.04. The van der Waals surface area contributed by atoms with Crippen LogP contribution >= 0.6 is 0 Å². The highest BCUT2D eigenvalue weighted by Crippen LogP contribution is 2.35. The Labute approximate surface area is 133 Å². The van der Waals surface area contributed by atoms with Gasteiger partial charge in [-0.15, -0.1) is 0 Å². The molecule has 2 aliphatic heterocycles. The molecule has 0 aromatic rings. The lowest BCUT2D eigenvalue weighted by Gasteiger charge is -2.44. The van der Waals surface area contributed by atoms with Gasteiger partial charge in [0.05, 0.1) is 6.67 Å². The molecule has 3 amide bonds. The zero-order valence-electron chi connectivity index (χ0n) is 13.9. The summed E-state index contributed by atoms with van der Waals surface area (Å²) in [5.41, 5.74) is 0. The average molecular weight is 307 g/mol. The van der Waals surface area contributed by atoms with E-state index in [-0.39, 0.29) is 18.0 Å². The Bertz CT molecular complexity index is 436. The largest absolute Gasteiger partial charge is 0.326 e. The lowest BCUT2D eigenvalue weighted by Crippen LogP contribution is -2.52. The van der Waals surface area contributed by atoms with E-state index in [0.717, 1.165) is 18.9 Å². The summed E-state index contributed by atoms with van der Waals surface area (Å²) >= 11 is 0. The number of imide groups is 1. The summed E-state index contributed by atoms with van der Waals surface area (Å²) in [4.78, 5) is 28.5. The van der Waals surface area contributed by atoms with E-state index in [1.807, 2.05) is 0 Å². The molecule has 124 valence electrons. The second kappa shape index (κ2) is 6.57. The zero-order chi connectivity index (χ0) is 15.7. The van der Waals surface area contributed by atoms with Gasteiger partial charge in [0.25, 0.3) is 5.91 Å². The van der Waals surface area contributed by atoms with Crippen LogP contribution < -0.4 is 5.32 Å². The molecule has 0 spiro atoms. The molecule has 1 N–H and O–H groups in total. The fourth-order valence-corrected chi connectivity index (χ4v) is 4.43. The first-order valence-electron chi connectivity index (χ1n) is 8.92. The molecule has 0 radical (unpaired) electrons. The highest BCUT2D eigenvalue weighted by Gasteiger charge is 2.41. The predicted molar refractivity (Wildman–Crippen MR) is 85.2 cm³/mol. The van der Waals surface area contributed by atoms with Crippen LogP contribution in [0.1, 0.15) is 58.8 Å². The molecule has 1 aliphatic carbocycles. The van der Waals surface area contributed by atoms with E-state index in [2.05, 4.69) is 24.1 Å². The third-order valence-corrected chi connectivity index (χ3v) is 5.50. The average Bonchev–Trinajstić information content (AvgIpc) is 2.74. The first kappa shape index (κ1) is 15.8. The van der Waals surface area contributed by atoms with Crippen LogP contribution in [0.2, 0.25) is 0 Å². The third-order valence-electron chi connectivity index (χ3n) is 5.50. The SMILES string of the molecule is CC(C)CC1NC(=O)N(CN2CCCC3CCCCC32)C1=O. The molecule has 3 unspecified atom stereocenters. The second-order valence-electron chi connectivity index (χ2n) is 7.61. The van der Waals surface area contributed by atoms with Crippen molar-refractivity contribution in [3.8, 4) is 0 Å². The molecule has 0 bridgehead atoms. The fraction of sp³-hybridized carbons (Fsp3) is 0.882. The summed E-state index contributed by atoms with van der Waals surface area (Å²) < 4.78 is 0. The Morgan fingerprint density at radius 3 is 2.64 bits per heavy atom. The third kappa shape index (κ3) is 3.14. The van der Waals surface area contributed by atoms with Gasteiger partial charge in [-0.05, 0) is 43.9 Å². The maximum Gasteiger partial charge on any atom is 0.325 e. The van der Waals surface area contributed by atoms with Crippen molar-refractivity contribution < 1.29 is 9.59 Å². The molecule has 3 rings (SSSR count). The number of urea groups is 1. The van der Waals surface area contributed by atoms with Crippen LogP contribution in [0.3, 0.4) is 0 Å². The van der Waals surface area contributed by atoms with Crippen LogP contribution in [0.5, 0.6) is 0 Å². The Morgan fingerprint density at radius 1 is 1.14 bits per heavy atom. The van der Waals surface area contributed by atoms with Gasteiger partial charge in [-0.3, -0.25) is 9.69 Å². The molecule has 3 fully saturated rings. The summed E-state index contributed by atoms with van der Waals surface area (Å²) in [6.45, 7) is 5.67. The molecule has 2 saturated heterocycles. The molecule has 1 saturated carbocycles. The van der Waals surface area contributed by atoms with Crippen LogP contribution in [-0.2, 0) is 4.79 Å². The van der Waals surface area contributed by atoms with Gasteiger partial charge in [0, 0.05) is 12.6 Å². The minimum atomic E-state index is -0.320. The molecule has 3 atom stereocenters. The topological polar surface area (TPSA) is 52.7 Å². The number of amides is 3. The standard InChI is InChI=1S/C17H29N3O2/c1-12(2)10-14-16(21)20(17(22)18-14)11-19-9-5-7-13-6-3-4-8-15(13)19/h12-15H,3-11H2,1-2H3,(H,18,22). The number of hydrogen-bond acceptors (Lipinski definition) is 3. The van der Waals surface area contributed by atoms with Crippen molar-refractivity contribution >= 4 is 11.9 Å². The van der Waals surface area contributed by atoms with Crippen molar-refractivity contribution in [3.63, 3.8) is 0 Å². The van der Waals surface area contributed by atoms with Crippen LogP contribution in [0.15, 0.2) is 0 Å². The number of likely N-dealkylation sites (tertiary alicyclic amines) is 1. The maximum absolute atomic E-state index is 12.5. The number of nitrogens with one attached hydrogen (secondary N) is 1. The molecule has 22 heavy (non-hydrogen) atoms.